The maximum absolute atomic E-state index is 13.0. The summed E-state index contributed by atoms with van der Waals surface area (Å²) in [6.45, 7) is 1.82. The molecule has 0 spiro atoms. The molecule has 0 saturated carbocycles. The Morgan fingerprint density at radius 3 is 2.58 bits per heavy atom. The van der Waals surface area contributed by atoms with E-state index in [-0.39, 0.29) is 5.56 Å². The fourth-order valence-electron chi connectivity index (χ4n) is 2.85. The molecule has 4 aromatic rings. The maximum Gasteiger partial charge on any atom is 0.284 e. The summed E-state index contributed by atoms with van der Waals surface area (Å²) in [7, 11) is 3.39. The van der Waals surface area contributed by atoms with Crippen LogP contribution in [-0.4, -0.2) is 31.4 Å². The Kier molecular flexibility index (Phi) is 3.09. The molecule has 0 atom stereocenters. The zero-order valence-corrected chi connectivity index (χ0v) is 13.5. The number of fused-ring (bicyclic) bond motifs is 3. The van der Waals surface area contributed by atoms with E-state index in [1.54, 1.807) is 29.6 Å². The number of ether oxygens (including phenoxy) is 1. The third kappa shape index (κ3) is 2.05. The third-order valence-corrected chi connectivity index (χ3v) is 3.95. The second-order valence-electron chi connectivity index (χ2n) is 5.55. The lowest BCUT2D eigenvalue weighted by Gasteiger charge is -2.11. The molecule has 0 amide bonds. The van der Waals surface area contributed by atoms with Crippen LogP contribution in [0.25, 0.3) is 27.6 Å². The van der Waals surface area contributed by atoms with Gasteiger partial charge in [-0.25, -0.2) is 9.97 Å². The minimum absolute atomic E-state index is 0.198. The molecule has 1 aromatic carbocycles. The highest BCUT2D eigenvalue weighted by Crippen LogP contribution is 2.23. The lowest BCUT2D eigenvalue weighted by molar-refractivity contribution is 0.415. The lowest BCUT2D eigenvalue weighted by atomic mass is 10.2. The molecule has 0 radical (unpaired) electrons. The number of aryl methyl sites for hydroxylation is 2. The third-order valence-electron chi connectivity index (χ3n) is 3.95. The predicted molar refractivity (Wildman–Crippen MR) is 90.7 cm³/mol. The van der Waals surface area contributed by atoms with Crippen molar-refractivity contribution in [2.45, 2.75) is 6.92 Å². The van der Waals surface area contributed by atoms with Gasteiger partial charge in [0.25, 0.3) is 5.56 Å². The van der Waals surface area contributed by atoms with Gasteiger partial charge in [-0.2, -0.15) is 5.10 Å². The van der Waals surface area contributed by atoms with Crippen molar-refractivity contribution in [3.8, 4) is 11.4 Å². The van der Waals surface area contributed by atoms with E-state index in [9.17, 15) is 4.79 Å². The van der Waals surface area contributed by atoms with E-state index in [0.29, 0.717) is 28.1 Å². The Labute approximate surface area is 137 Å². The van der Waals surface area contributed by atoms with E-state index < -0.39 is 0 Å². The first-order valence-corrected chi connectivity index (χ1v) is 7.44. The molecule has 0 saturated heterocycles. The molecule has 4 rings (SSSR count). The Bertz CT molecular complexity index is 1130. The topological polar surface area (TPSA) is 74.8 Å². The fraction of sp³-hybridized carbons (Fsp3) is 0.176. The van der Waals surface area contributed by atoms with Gasteiger partial charge in [-0.05, 0) is 31.2 Å². The van der Waals surface area contributed by atoms with E-state index in [1.165, 1.54) is 0 Å². The lowest BCUT2D eigenvalue weighted by Crippen LogP contribution is -2.20. The molecule has 3 aromatic heterocycles. The molecule has 0 aliphatic carbocycles. The van der Waals surface area contributed by atoms with E-state index >= 15 is 0 Å². The number of benzene rings is 1. The second-order valence-corrected chi connectivity index (χ2v) is 5.55. The molecule has 0 aliphatic heterocycles. The van der Waals surface area contributed by atoms with Crippen molar-refractivity contribution in [2.75, 3.05) is 7.11 Å². The predicted octanol–water partition coefficient (Wildman–Crippen LogP) is 1.98. The molecule has 0 unspecified atom stereocenters. The average molecular weight is 321 g/mol. The second kappa shape index (κ2) is 5.16. The standard InChI is InChI=1S/C17H15N5O2/c1-10-18-8-14-15(19-10)13-9-21(2)20-16(13)17(23)22(14)11-4-6-12(24-3)7-5-11/h4-9H,1-3H3. The molecule has 7 nitrogen and oxygen atoms in total. The van der Waals surface area contributed by atoms with Crippen LogP contribution in [0.15, 0.2) is 41.5 Å². The minimum atomic E-state index is -0.198. The van der Waals surface area contributed by atoms with Crippen LogP contribution in [0, 0.1) is 6.92 Å². The average Bonchev–Trinajstić information content (AvgIpc) is 2.98. The van der Waals surface area contributed by atoms with Crippen LogP contribution in [0.4, 0.5) is 0 Å². The maximum atomic E-state index is 13.0. The number of rotatable bonds is 2. The van der Waals surface area contributed by atoms with Crippen molar-refractivity contribution in [1.29, 1.82) is 0 Å². The fourth-order valence-corrected chi connectivity index (χ4v) is 2.85. The number of hydrogen-bond acceptors (Lipinski definition) is 5. The van der Waals surface area contributed by atoms with Crippen molar-refractivity contribution in [3.05, 3.63) is 52.8 Å². The van der Waals surface area contributed by atoms with Gasteiger partial charge in [-0.1, -0.05) is 0 Å². The Hall–Kier alpha value is -3.22. The van der Waals surface area contributed by atoms with Gasteiger partial charge in [-0.15, -0.1) is 0 Å². The van der Waals surface area contributed by atoms with Gasteiger partial charge >= 0.3 is 0 Å². The van der Waals surface area contributed by atoms with Crippen LogP contribution >= 0.6 is 0 Å². The molecular weight excluding hydrogens is 306 g/mol. The number of hydrogen-bond donors (Lipinski definition) is 0. The SMILES string of the molecule is COc1ccc(-n2c(=O)c3nn(C)cc3c3nc(C)ncc32)cc1. The smallest absolute Gasteiger partial charge is 0.284 e. The van der Waals surface area contributed by atoms with Gasteiger partial charge in [-0.3, -0.25) is 14.0 Å². The first-order chi connectivity index (χ1) is 11.6. The van der Waals surface area contributed by atoms with Gasteiger partial charge in [0.1, 0.15) is 17.1 Å². The minimum Gasteiger partial charge on any atom is -0.497 e. The van der Waals surface area contributed by atoms with Gasteiger partial charge < -0.3 is 4.74 Å². The van der Waals surface area contributed by atoms with Crippen molar-refractivity contribution in [1.82, 2.24) is 24.3 Å². The summed E-state index contributed by atoms with van der Waals surface area (Å²) in [5, 5.41) is 5.04. The molecular formula is C17H15N5O2. The van der Waals surface area contributed by atoms with Crippen molar-refractivity contribution in [3.63, 3.8) is 0 Å². The van der Waals surface area contributed by atoms with Crippen LogP contribution in [0.1, 0.15) is 5.82 Å². The molecule has 3 heterocycles. The van der Waals surface area contributed by atoms with Crippen LogP contribution in [-0.2, 0) is 7.05 Å². The Balaban J connectivity index is 2.16. The van der Waals surface area contributed by atoms with Crippen LogP contribution < -0.4 is 10.3 Å². The highest BCUT2D eigenvalue weighted by atomic mass is 16.5. The van der Waals surface area contributed by atoms with Crippen molar-refractivity contribution < 1.29 is 4.74 Å². The van der Waals surface area contributed by atoms with Gasteiger partial charge in [0, 0.05) is 18.9 Å². The molecule has 7 heteroatoms. The number of methoxy groups -OCH3 is 1. The summed E-state index contributed by atoms with van der Waals surface area (Å²) >= 11 is 0. The highest BCUT2D eigenvalue weighted by Gasteiger charge is 2.16. The number of pyridine rings is 1. The van der Waals surface area contributed by atoms with Crippen molar-refractivity contribution in [2.24, 2.45) is 7.05 Å². The number of aromatic nitrogens is 5. The van der Waals surface area contributed by atoms with E-state index in [4.69, 9.17) is 4.74 Å². The summed E-state index contributed by atoms with van der Waals surface area (Å²) in [6.07, 6.45) is 3.49. The summed E-state index contributed by atoms with van der Waals surface area (Å²) in [4.78, 5) is 21.8. The quantitative estimate of drug-likeness (QED) is 0.564. The Morgan fingerprint density at radius 1 is 1.12 bits per heavy atom. The molecule has 120 valence electrons. The first-order valence-electron chi connectivity index (χ1n) is 7.44. The molecule has 0 N–H and O–H groups in total. The van der Waals surface area contributed by atoms with Crippen LogP contribution in [0.5, 0.6) is 5.75 Å². The molecule has 0 bridgehead atoms. The molecule has 24 heavy (non-hydrogen) atoms. The largest absolute Gasteiger partial charge is 0.497 e. The van der Waals surface area contributed by atoms with Crippen LogP contribution in [0.3, 0.4) is 0 Å². The summed E-state index contributed by atoms with van der Waals surface area (Å²) in [5.41, 5.74) is 2.26. The van der Waals surface area contributed by atoms with E-state index in [1.807, 2.05) is 37.4 Å². The molecule has 0 aliphatic rings. The van der Waals surface area contributed by atoms with E-state index in [0.717, 1.165) is 11.1 Å². The zero-order chi connectivity index (χ0) is 16.8. The van der Waals surface area contributed by atoms with E-state index in [2.05, 4.69) is 15.1 Å². The first kappa shape index (κ1) is 14.4. The summed E-state index contributed by atoms with van der Waals surface area (Å²) < 4.78 is 8.40. The zero-order valence-electron chi connectivity index (χ0n) is 13.5. The normalized spacial score (nSPS) is 11.3. The summed E-state index contributed by atoms with van der Waals surface area (Å²) in [6, 6.07) is 7.28. The highest BCUT2D eigenvalue weighted by molar-refractivity contribution is 6.01. The van der Waals surface area contributed by atoms with Gasteiger partial charge in [0.15, 0.2) is 5.52 Å². The number of nitrogens with zero attached hydrogens (tertiary/aromatic N) is 5. The summed E-state index contributed by atoms with van der Waals surface area (Å²) in [5.74, 6) is 1.37. The van der Waals surface area contributed by atoms with Gasteiger partial charge in [0.2, 0.25) is 0 Å². The molecule has 0 fully saturated rings. The monoisotopic (exact) mass is 321 g/mol. The van der Waals surface area contributed by atoms with Crippen LogP contribution in [0.2, 0.25) is 0 Å². The van der Waals surface area contributed by atoms with Crippen molar-refractivity contribution >= 4 is 21.9 Å². The van der Waals surface area contributed by atoms with Gasteiger partial charge in [0.05, 0.1) is 24.2 Å². The Morgan fingerprint density at radius 2 is 1.88 bits per heavy atom.